The molecule has 1 aliphatic rings. The van der Waals surface area contributed by atoms with Gasteiger partial charge in [0.05, 0.1) is 0 Å². The number of imidazole rings is 1. The fourth-order valence-corrected chi connectivity index (χ4v) is 3.92. The third-order valence-electron chi connectivity index (χ3n) is 5.86. The van der Waals surface area contributed by atoms with Gasteiger partial charge in [-0.1, -0.05) is 32.8 Å². The molecule has 2 aromatic heterocycles. The first-order valence-corrected chi connectivity index (χ1v) is 10.9. The normalized spacial score (nSPS) is 16.4. The number of carbonyl (C=O) groups is 2. The van der Waals surface area contributed by atoms with E-state index in [1.165, 1.54) is 12.8 Å². The second kappa shape index (κ2) is 10.4. The lowest BCUT2D eigenvalue weighted by Crippen LogP contribution is -2.37. The van der Waals surface area contributed by atoms with Gasteiger partial charge in [-0.15, -0.1) is 0 Å². The highest BCUT2D eigenvalue weighted by Gasteiger charge is 2.18. The standard InChI is InChI=1S/C22H33N5O2/c1-3-16(4-2)8-6-13-24-22(29)19-10-5-11-20-26-18(15-27(19)20)21(28)25-14-17-9-7-12-23-17/h5,10-11,15-17,23H,3-4,6-9,12-14H2,1-2H3,(H,24,29)(H,25,28). The van der Waals surface area contributed by atoms with E-state index in [0.717, 1.165) is 38.1 Å². The lowest BCUT2D eigenvalue weighted by molar-refractivity contribution is 0.0935. The molecule has 3 N–H and O–H groups in total. The lowest BCUT2D eigenvalue weighted by atomic mass is 9.98. The Bertz CT molecular complexity index is 822. The fourth-order valence-electron chi connectivity index (χ4n) is 3.92. The Kier molecular flexibility index (Phi) is 7.63. The fraction of sp³-hybridized carbons (Fsp3) is 0.591. The van der Waals surface area contributed by atoms with Crippen molar-refractivity contribution < 1.29 is 9.59 Å². The molecule has 3 heterocycles. The van der Waals surface area contributed by atoms with Crippen molar-refractivity contribution in [3.05, 3.63) is 35.8 Å². The number of rotatable bonds is 10. The number of hydrogen-bond donors (Lipinski definition) is 3. The van der Waals surface area contributed by atoms with Crippen molar-refractivity contribution in [2.24, 2.45) is 5.92 Å². The number of amides is 2. The summed E-state index contributed by atoms with van der Waals surface area (Å²) in [5.41, 5.74) is 1.42. The van der Waals surface area contributed by atoms with Crippen LogP contribution in [0.25, 0.3) is 5.65 Å². The van der Waals surface area contributed by atoms with Gasteiger partial charge >= 0.3 is 0 Å². The van der Waals surface area contributed by atoms with Gasteiger partial charge in [0.2, 0.25) is 0 Å². The van der Waals surface area contributed by atoms with E-state index in [-0.39, 0.29) is 11.8 Å². The molecule has 7 nitrogen and oxygen atoms in total. The van der Waals surface area contributed by atoms with Crippen LogP contribution < -0.4 is 16.0 Å². The molecule has 1 unspecified atom stereocenters. The van der Waals surface area contributed by atoms with Crippen molar-refractivity contribution in [3.63, 3.8) is 0 Å². The van der Waals surface area contributed by atoms with E-state index in [2.05, 4.69) is 34.8 Å². The predicted octanol–water partition coefficient (Wildman–Crippen LogP) is 2.76. The molecule has 158 valence electrons. The van der Waals surface area contributed by atoms with Gasteiger partial charge in [0.1, 0.15) is 17.0 Å². The maximum atomic E-state index is 12.7. The smallest absolute Gasteiger partial charge is 0.271 e. The third-order valence-corrected chi connectivity index (χ3v) is 5.86. The Balaban J connectivity index is 1.60. The van der Waals surface area contributed by atoms with Gasteiger partial charge in [0.15, 0.2) is 0 Å². The van der Waals surface area contributed by atoms with Crippen LogP contribution >= 0.6 is 0 Å². The monoisotopic (exact) mass is 399 g/mol. The van der Waals surface area contributed by atoms with E-state index in [0.29, 0.717) is 36.2 Å². The van der Waals surface area contributed by atoms with Gasteiger partial charge in [0.25, 0.3) is 11.8 Å². The van der Waals surface area contributed by atoms with Crippen molar-refractivity contribution in [2.45, 2.75) is 58.4 Å². The molecule has 2 aromatic rings. The van der Waals surface area contributed by atoms with Gasteiger partial charge in [-0.25, -0.2) is 4.98 Å². The molecule has 3 rings (SSSR count). The van der Waals surface area contributed by atoms with Crippen LogP contribution in [0.3, 0.4) is 0 Å². The largest absolute Gasteiger partial charge is 0.351 e. The van der Waals surface area contributed by atoms with Gasteiger partial charge in [0, 0.05) is 25.3 Å². The molecule has 1 atom stereocenters. The van der Waals surface area contributed by atoms with Crippen LogP contribution in [-0.2, 0) is 0 Å². The zero-order valence-electron chi connectivity index (χ0n) is 17.5. The number of aromatic nitrogens is 2. The van der Waals surface area contributed by atoms with E-state index >= 15 is 0 Å². The molecule has 0 aromatic carbocycles. The molecule has 0 radical (unpaired) electrons. The number of carbonyl (C=O) groups excluding carboxylic acids is 2. The second-order valence-electron chi connectivity index (χ2n) is 7.85. The molecule has 0 spiro atoms. The quantitative estimate of drug-likeness (QED) is 0.536. The number of fused-ring (bicyclic) bond motifs is 1. The maximum absolute atomic E-state index is 12.7. The lowest BCUT2D eigenvalue weighted by Gasteiger charge is -2.12. The summed E-state index contributed by atoms with van der Waals surface area (Å²) >= 11 is 0. The van der Waals surface area contributed by atoms with E-state index in [1.807, 2.05) is 0 Å². The molecule has 0 aliphatic carbocycles. The van der Waals surface area contributed by atoms with E-state index in [4.69, 9.17) is 0 Å². The number of nitrogens with zero attached hydrogens (tertiary/aromatic N) is 2. The highest BCUT2D eigenvalue weighted by Crippen LogP contribution is 2.14. The summed E-state index contributed by atoms with van der Waals surface area (Å²) < 4.78 is 1.69. The van der Waals surface area contributed by atoms with Crippen LogP contribution in [0.2, 0.25) is 0 Å². The SMILES string of the molecule is CCC(CC)CCCNC(=O)c1cccc2nc(C(=O)NCC3CCCN3)cn12. The van der Waals surface area contributed by atoms with Crippen LogP contribution in [0, 0.1) is 5.92 Å². The Hall–Kier alpha value is -2.41. The molecule has 0 bridgehead atoms. The number of nitrogens with one attached hydrogen (secondary N) is 3. The highest BCUT2D eigenvalue weighted by molar-refractivity contribution is 5.95. The van der Waals surface area contributed by atoms with Crippen molar-refractivity contribution in [3.8, 4) is 0 Å². The Morgan fingerprint density at radius 2 is 2.07 bits per heavy atom. The minimum absolute atomic E-state index is 0.139. The maximum Gasteiger partial charge on any atom is 0.271 e. The van der Waals surface area contributed by atoms with Crippen LogP contribution in [-0.4, -0.2) is 46.9 Å². The second-order valence-corrected chi connectivity index (χ2v) is 7.85. The van der Waals surface area contributed by atoms with Crippen LogP contribution in [0.15, 0.2) is 24.4 Å². The topological polar surface area (TPSA) is 87.5 Å². The highest BCUT2D eigenvalue weighted by atomic mass is 16.2. The molecular formula is C22H33N5O2. The predicted molar refractivity (Wildman–Crippen MR) is 114 cm³/mol. The molecule has 0 saturated carbocycles. The minimum atomic E-state index is -0.209. The van der Waals surface area contributed by atoms with Crippen molar-refractivity contribution in [1.29, 1.82) is 0 Å². The molecule has 1 fully saturated rings. The van der Waals surface area contributed by atoms with Crippen LogP contribution in [0.1, 0.15) is 73.3 Å². The van der Waals surface area contributed by atoms with Crippen molar-refractivity contribution >= 4 is 17.5 Å². The Morgan fingerprint density at radius 3 is 2.79 bits per heavy atom. The summed E-state index contributed by atoms with van der Waals surface area (Å²) in [6.07, 6.45) is 8.33. The van der Waals surface area contributed by atoms with Gasteiger partial charge in [-0.05, 0) is 50.3 Å². The molecule has 29 heavy (non-hydrogen) atoms. The summed E-state index contributed by atoms with van der Waals surface area (Å²) in [6.45, 7) is 6.68. The van der Waals surface area contributed by atoms with E-state index < -0.39 is 0 Å². The first-order chi connectivity index (χ1) is 14.1. The average Bonchev–Trinajstić information content (AvgIpc) is 3.41. The van der Waals surface area contributed by atoms with Crippen molar-refractivity contribution in [2.75, 3.05) is 19.6 Å². The van der Waals surface area contributed by atoms with Gasteiger partial charge in [-0.2, -0.15) is 0 Å². The third kappa shape index (κ3) is 5.56. The molecule has 7 heteroatoms. The zero-order valence-corrected chi connectivity index (χ0v) is 17.5. The molecule has 1 saturated heterocycles. The molecule has 2 amide bonds. The Morgan fingerprint density at radius 1 is 1.24 bits per heavy atom. The number of pyridine rings is 1. The van der Waals surface area contributed by atoms with E-state index in [9.17, 15) is 9.59 Å². The van der Waals surface area contributed by atoms with Gasteiger partial charge < -0.3 is 16.0 Å². The van der Waals surface area contributed by atoms with Crippen LogP contribution in [0.4, 0.5) is 0 Å². The summed E-state index contributed by atoms with van der Waals surface area (Å²) in [7, 11) is 0. The summed E-state index contributed by atoms with van der Waals surface area (Å²) in [4.78, 5) is 29.5. The van der Waals surface area contributed by atoms with Crippen molar-refractivity contribution in [1.82, 2.24) is 25.3 Å². The van der Waals surface area contributed by atoms with Crippen LogP contribution in [0.5, 0.6) is 0 Å². The van der Waals surface area contributed by atoms with E-state index in [1.54, 1.807) is 28.8 Å². The summed E-state index contributed by atoms with van der Waals surface area (Å²) in [5, 5.41) is 9.29. The summed E-state index contributed by atoms with van der Waals surface area (Å²) in [6, 6.07) is 5.69. The number of hydrogen-bond acceptors (Lipinski definition) is 4. The molecular weight excluding hydrogens is 366 g/mol. The molecule has 1 aliphatic heterocycles. The first kappa shape index (κ1) is 21.3. The first-order valence-electron chi connectivity index (χ1n) is 10.9. The van der Waals surface area contributed by atoms with Gasteiger partial charge in [-0.3, -0.25) is 14.0 Å². The summed E-state index contributed by atoms with van der Waals surface area (Å²) in [5.74, 6) is 0.378. The zero-order chi connectivity index (χ0) is 20.6. The Labute approximate surface area is 172 Å². The average molecular weight is 400 g/mol. The minimum Gasteiger partial charge on any atom is -0.351 e.